The lowest BCUT2D eigenvalue weighted by molar-refractivity contribution is 0.616. The highest BCUT2D eigenvalue weighted by Crippen LogP contribution is 1.84. The van der Waals surface area contributed by atoms with Gasteiger partial charge < -0.3 is 10.3 Å². The van der Waals surface area contributed by atoms with Crippen molar-refractivity contribution in [3.63, 3.8) is 0 Å². The van der Waals surface area contributed by atoms with Gasteiger partial charge in [0.15, 0.2) is 0 Å². The molecule has 4 heteroatoms. The summed E-state index contributed by atoms with van der Waals surface area (Å²) >= 11 is 0. The molecule has 1 heterocycles. The van der Waals surface area contributed by atoms with Crippen molar-refractivity contribution < 1.29 is 0 Å². The Morgan fingerprint density at radius 3 is 2.73 bits per heavy atom. The van der Waals surface area contributed by atoms with E-state index in [1.54, 1.807) is 28.6 Å². The van der Waals surface area contributed by atoms with E-state index in [0.29, 0.717) is 6.54 Å². The van der Waals surface area contributed by atoms with Crippen molar-refractivity contribution in [1.82, 2.24) is 9.13 Å². The van der Waals surface area contributed by atoms with Crippen LogP contribution in [0.25, 0.3) is 0 Å². The molecule has 1 aromatic rings. The second-order valence-corrected chi connectivity index (χ2v) is 2.53. The predicted molar refractivity (Wildman–Crippen MR) is 43.3 cm³/mol. The predicted octanol–water partition coefficient (Wildman–Crippen LogP) is -0.464. The molecule has 0 amide bonds. The Balaban J connectivity index is 2.71. The van der Waals surface area contributed by atoms with E-state index in [1.807, 2.05) is 0 Å². The highest BCUT2D eigenvalue weighted by atomic mass is 16.1. The summed E-state index contributed by atoms with van der Waals surface area (Å²) in [6, 6.07) is 0. The van der Waals surface area contributed by atoms with Crippen LogP contribution in [-0.2, 0) is 13.6 Å². The highest BCUT2D eigenvalue weighted by Gasteiger charge is 1.96. The zero-order valence-corrected chi connectivity index (χ0v) is 6.66. The fraction of sp³-hybridized carbons (Fsp3) is 0.571. The second-order valence-electron chi connectivity index (χ2n) is 2.53. The van der Waals surface area contributed by atoms with Crippen LogP contribution in [0.1, 0.15) is 6.42 Å². The Morgan fingerprint density at radius 1 is 1.55 bits per heavy atom. The molecule has 0 bridgehead atoms. The topological polar surface area (TPSA) is 52.9 Å². The van der Waals surface area contributed by atoms with E-state index >= 15 is 0 Å². The van der Waals surface area contributed by atoms with Crippen molar-refractivity contribution in [1.29, 1.82) is 0 Å². The number of hydrogen-bond acceptors (Lipinski definition) is 2. The molecule has 0 aliphatic heterocycles. The minimum atomic E-state index is 0.0263. The summed E-state index contributed by atoms with van der Waals surface area (Å²) in [7, 11) is 1.74. The standard InChI is InChI=1S/C7H13N3O/c1-9-5-6-10(7(9)11)4-2-3-8/h5-6H,2-4,8H2,1H3. The molecular weight excluding hydrogens is 142 g/mol. The SMILES string of the molecule is Cn1ccn(CCCN)c1=O. The van der Waals surface area contributed by atoms with Gasteiger partial charge in [-0.2, -0.15) is 0 Å². The Kier molecular flexibility index (Phi) is 2.48. The number of imidazole rings is 1. The molecule has 4 nitrogen and oxygen atoms in total. The molecule has 1 aromatic heterocycles. The van der Waals surface area contributed by atoms with Crippen molar-refractivity contribution in [2.45, 2.75) is 13.0 Å². The zero-order chi connectivity index (χ0) is 8.27. The summed E-state index contributed by atoms with van der Waals surface area (Å²) in [6.45, 7) is 1.34. The van der Waals surface area contributed by atoms with Crippen LogP contribution in [0, 0.1) is 0 Å². The molecule has 0 aliphatic rings. The smallest absolute Gasteiger partial charge is 0.327 e. The quantitative estimate of drug-likeness (QED) is 0.642. The molecule has 0 fully saturated rings. The van der Waals surface area contributed by atoms with Gasteiger partial charge >= 0.3 is 5.69 Å². The highest BCUT2D eigenvalue weighted by molar-refractivity contribution is 4.79. The number of hydrogen-bond donors (Lipinski definition) is 1. The maximum atomic E-state index is 11.2. The summed E-state index contributed by atoms with van der Waals surface area (Å²) < 4.78 is 3.21. The van der Waals surface area contributed by atoms with Crippen LogP contribution in [0.3, 0.4) is 0 Å². The number of aromatic nitrogens is 2. The van der Waals surface area contributed by atoms with Gasteiger partial charge in [0.05, 0.1) is 0 Å². The van der Waals surface area contributed by atoms with E-state index in [9.17, 15) is 4.79 Å². The fourth-order valence-corrected chi connectivity index (χ4v) is 0.942. The molecule has 2 N–H and O–H groups in total. The van der Waals surface area contributed by atoms with E-state index in [-0.39, 0.29) is 5.69 Å². The Labute approximate surface area is 65.2 Å². The van der Waals surface area contributed by atoms with E-state index in [2.05, 4.69) is 0 Å². The first kappa shape index (κ1) is 8.07. The van der Waals surface area contributed by atoms with E-state index < -0.39 is 0 Å². The molecule has 0 aliphatic carbocycles. The third-order valence-corrected chi connectivity index (χ3v) is 1.62. The molecule has 0 aromatic carbocycles. The number of aryl methyl sites for hydroxylation is 2. The van der Waals surface area contributed by atoms with Crippen LogP contribution in [0.4, 0.5) is 0 Å². The molecular formula is C7H13N3O. The third-order valence-electron chi connectivity index (χ3n) is 1.62. The summed E-state index contributed by atoms with van der Waals surface area (Å²) in [6.07, 6.45) is 4.38. The molecule has 11 heavy (non-hydrogen) atoms. The second kappa shape index (κ2) is 3.39. The molecule has 0 atom stereocenters. The first-order valence-corrected chi connectivity index (χ1v) is 3.67. The maximum absolute atomic E-state index is 11.2. The van der Waals surface area contributed by atoms with Crippen LogP contribution in [0.15, 0.2) is 17.2 Å². The molecule has 0 unspecified atom stereocenters. The number of nitrogens with zero attached hydrogens (tertiary/aromatic N) is 2. The third kappa shape index (κ3) is 1.71. The van der Waals surface area contributed by atoms with Crippen molar-refractivity contribution in [3.8, 4) is 0 Å². The lowest BCUT2D eigenvalue weighted by Gasteiger charge is -1.96. The van der Waals surface area contributed by atoms with Crippen molar-refractivity contribution in [2.24, 2.45) is 12.8 Å². The lowest BCUT2D eigenvalue weighted by atomic mass is 10.4. The van der Waals surface area contributed by atoms with E-state index in [1.165, 1.54) is 0 Å². The van der Waals surface area contributed by atoms with E-state index in [4.69, 9.17) is 5.73 Å². The minimum absolute atomic E-state index is 0.0263. The average Bonchev–Trinajstić information content (AvgIpc) is 2.31. The normalized spacial score (nSPS) is 10.4. The van der Waals surface area contributed by atoms with Crippen molar-refractivity contribution in [3.05, 3.63) is 22.9 Å². The van der Waals surface area contributed by atoms with Gasteiger partial charge in [0.1, 0.15) is 0 Å². The van der Waals surface area contributed by atoms with Gasteiger partial charge in [0.25, 0.3) is 0 Å². The van der Waals surface area contributed by atoms with Gasteiger partial charge in [-0.05, 0) is 13.0 Å². The Hall–Kier alpha value is -1.03. The van der Waals surface area contributed by atoms with E-state index in [0.717, 1.165) is 13.0 Å². The Bertz CT molecular complexity index is 273. The van der Waals surface area contributed by atoms with Gasteiger partial charge in [-0.15, -0.1) is 0 Å². The minimum Gasteiger partial charge on any atom is -0.330 e. The van der Waals surface area contributed by atoms with Gasteiger partial charge in [-0.25, -0.2) is 4.79 Å². The largest absolute Gasteiger partial charge is 0.330 e. The zero-order valence-electron chi connectivity index (χ0n) is 6.66. The summed E-state index contributed by atoms with van der Waals surface area (Å²) in [5.74, 6) is 0. The maximum Gasteiger partial charge on any atom is 0.327 e. The van der Waals surface area contributed by atoms with Crippen LogP contribution in [-0.4, -0.2) is 15.7 Å². The number of nitrogens with two attached hydrogens (primary N) is 1. The summed E-state index contributed by atoms with van der Waals surface area (Å²) in [5.41, 5.74) is 5.34. The fourth-order valence-electron chi connectivity index (χ4n) is 0.942. The van der Waals surface area contributed by atoms with Crippen LogP contribution in [0.2, 0.25) is 0 Å². The number of rotatable bonds is 3. The monoisotopic (exact) mass is 155 g/mol. The first-order valence-electron chi connectivity index (χ1n) is 3.67. The Morgan fingerprint density at radius 2 is 2.27 bits per heavy atom. The van der Waals surface area contributed by atoms with Crippen LogP contribution in [0.5, 0.6) is 0 Å². The molecule has 0 saturated heterocycles. The molecule has 0 spiro atoms. The molecule has 62 valence electrons. The van der Waals surface area contributed by atoms with Crippen LogP contribution < -0.4 is 11.4 Å². The molecule has 0 radical (unpaired) electrons. The van der Waals surface area contributed by atoms with Gasteiger partial charge in [0, 0.05) is 26.0 Å². The summed E-state index contributed by atoms with van der Waals surface area (Å²) in [4.78, 5) is 11.2. The van der Waals surface area contributed by atoms with Crippen molar-refractivity contribution >= 4 is 0 Å². The average molecular weight is 155 g/mol. The molecule has 0 saturated carbocycles. The van der Waals surface area contributed by atoms with Gasteiger partial charge in [-0.1, -0.05) is 0 Å². The summed E-state index contributed by atoms with van der Waals surface area (Å²) in [5, 5.41) is 0. The first-order chi connectivity index (χ1) is 5.25. The van der Waals surface area contributed by atoms with Gasteiger partial charge in [-0.3, -0.25) is 4.57 Å². The lowest BCUT2D eigenvalue weighted by Crippen LogP contribution is -2.22. The van der Waals surface area contributed by atoms with Crippen LogP contribution >= 0.6 is 0 Å². The van der Waals surface area contributed by atoms with Crippen molar-refractivity contribution in [2.75, 3.05) is 6.54 Å². The molecule has 1 rings (SSSR count). The van der Waals surface area contributed by atoms with Gasteiger partial charge in [0.2, 0.25) is 0 Å².